The fourth-order valence-electron chi connectivity index (χ4n) is 3.39. The molecule has 0 bridgehead atoms. The molecule has 2 N–H and O–H groups in total. The molecule has 0 unspecified atom stereocenters. The van der Waals surface area contributed by atoms with Crippen LogP contribution in [0.25, 0.3) is 21.0 Å². The van der Waals surface area contributed by atoms with E-state index in [-0.39, 0.29) is 11.9 Å². The lowest BCUT2D eigenvalue weighted by Crippen LogP contribution is -2.40. The number of rotatable bonds is 4. The van der Waals surface area contributed by atoms with Crippen LogP contribution < -0.4 is 5.73 Å². The normalized spacial score (nSPS) is 16.7. The molecule has 3 aromatic rings. The number of thiazole rings is 1. The van der Waals surface area contributed by atoms with E-state index in [1.807, 2.05) is 41.3 Å². The number of hydrogen-bond acceptors (Lipinski definition) is 5. The molecule has 1 aliphatic heterocycles. The Bertz CT molecular complexity index is 960. The van der Waals surface area contributed by atoms with E-state index in [1.165, 1.54) is 11.3 Å². The predicted octanol–water partition coefficient (Wildman–Crippen LogP) is 4.09. The van der Waals surface area contributed by atoms with Crippen molar-refractivity contribution in [2.45, 2.75) is 18.9 Å². The highest BCUT2D eigenvalue weighted by Crippen LogP contribution is 2.37. The van der Waals surface area contributed by atoms with Gasteiger partial charge in [0.1, 0.15) is 10.7 Å². The molecule has 1 saturated heterocycles. The molecule has 1 aliphatic rings. The summed E-state index contributed by atoms with van der Waals surface area (Å²) >= 11 is 7.67. The van der Waals surface area contributed by atoms with Crippen LogP contribution in [-0.4, -0.2) is 39.9 Å². The van der Waals surface area contributed by atoms with E-state index in [9.17, 15) is 4.79 Å². The van der Waals surface area contributed by atoms with Crippen molar-refractivity contribution >= 4 is 28.8 Å². The molecule has 0 spiro atoms. The number of pyridine rings is 1. The molecule has 2 aromatic heterocycles. The lowest BCUT2D eigenvalue weighted by atomic mass is 10.1. The minimum Gasteiger partial charge on any atom is -0.333 e. The highest BCUT2D eigenvalue weighted by atomic mass is 35.5. The summed E-state index contributed by atoms with van der Waals surface area (Å²) in [5.74, 6) is -0.0654. The maximum absolute atomic E-state index is 13.3. The quantitative estimate of drug-likeness (QED) is 0.718. The number of nitrogens with two attached hydrogens (primary N) is 1. The monoisotopic (exact) mass is 398 g/mol. The van der Waals surface area contributed by atoms with E-state index in [1.54, 1.807) is 12.4 Å². The second kappa shape index (κ2) is 7.76. The van der Waals surface area contributed by atoms with Crippen LogP contribution in [-0.2, 0) is 0 Å². The van der Waals surface area contributed by atoms with Gasteiger partial charge in [0, 0.05) is 42.1 Å². The van der Waals surface area contributed by atoms with Gasteiger partial charge in [-0.3, -0.25) is 9.78 Å². The zero-order valence-corrected chi connectivity index (χ0v) is 16.2. The number of benzene rings is 1. The van der Waals surface area contributed by atoms with Crippen LogP contribution in [0.2, 0.25) is 5.02 Å². The van der Waals surface area contributed by atoms with Gasteiger partial charge in [-0.1, -0.05) is 23.7 Å². The third-order valence-corrected chi connectivity index (χ3v) is 6.12. The van der Waals surface area contributed by atoms with Crippen LogP contribution in [0.4, 0.5) is 0 Å². The molecule has 1 aromatic carbocycles. The summed E-state index contributed by atoms with van der Waals surface area (Å²) in [6, 6.07) is 11.4. The summed E-state index contributed by atoms with van der Waals surface area (Å²) in [6.45, 7) is 1.19. The third kappa shape index (κ3) is 3.60. The first kappa shape index (κ1) is 18.1. The summed E-state index contributed by atoms with van der Waals surface area (Å²) in [5.41, 5.74) is 8.11. The average molecular weight is 399 g/mol. The summed E-state index contributed by atoms with van der Waals surface area (Å²) in [4.78, 5) is 24.9. The second-order valence-electron chi connectivity index (χ2n) is 6.48. The molecule has 1 atom stereocenters. The van der Waals surface area contributed by atoms with Crippen LogP contribution in [0.1, 0.15) is 23.3 Å². The summed E-state index contributed by atoms with van der Waals surface area (Å²) in [5, 5.41) is 1.40. The number of hydrogen-bond donors (Lipinski definition) is 1. The zero-order chi connectivity index (χ0) is 18.8. The molecule has 0 aliphatic carbocycles. The van der Waals surface area contributed by atoms with Gasteiger partial charge in [-0.25, -0.2) is 4.98 Å². The van der Waals surface area contributed by atoms with Gasteiger partial charge in [-0.15, -0.1) is 11.3 Å². The molecular formula is C20H19ClN4OS. The number of halogens is 1. The first-order valence-corrected chi connectivity index (χ1v) is 10.0. The van der Waals surface area contributed by atoms with Crippen LogP contribution in [0, 0.1) is 0 Å². The number of carbonyl (C=O) groups excluding carboxylic acids is 1. The Morgan fingerprint density at radius 3 is 2.89 bits per heavy atom. The van der Waals surface area contributed by atoms with Crippen molar-refractivity contribution < 1.29 is 4.79 Å². The fraction of sp³-hybridized carbons (Fsp3) is 0.250. The standard InChI is InChI=1S/C20H19ClN4OS/c21-15-6-1-4-13(10-15)18-17(20(26)25-9-3-7-16(25)11-22)24-19(27-18)14-5-2-8-23-12-14/h1-2,4-6,8,10,12,16H,3,7,9,11,22H2/t16-/m0/s1. The van der Waals surface area contributed by atoms with Crippen molar-refractivity contribution in [1.29, 1.82) is 0 Å². The maximum atomic E-state index is 13.3. The van der Waals surface area contributed by atoms with Gasteiger partial charge < -0.3 is 10.6 Å². The third-order valence-electron chi connectivity index (χ3n) is 4.74. The van der Waals surface area contributed by atoms with Gasteiger partial charge in [-0.05, 0) is 42.7 Å². The Morgan fingerprint density at radius 2 is 2.15 bits per heavy atom. The molecule has 1 amide bonds. The second-order valence-corrected chi connectivity index (χ2v) is 7.91. The van der Waals surface area contributed by atoms with Crippen molar-refractivity contribution in [3.8, 4) is 21.0 Å². The van der Waals surface area contributed by atoms with Crippen molar-refractivity contribution in [1.82, 2.24) is 14.9 Å². The van der Waals surface area contributed by atoms with E-state index in [0.29, 0.717) is 17.3 Å². The smallest absolute Gasteiger partial charge is 0.274 e. The molecule has 0 radical (unpaired) electrons. The molecule has 5 nitrogen and oxygen atoms in total. The van der Waals surface area contributed by atoms with Gasteiger partial charge >= 0.3 is 0 Å². The Balaban J connectivity index is 1.81. The number of aromatic nitrogens is 2. The van der Waals surface area contributed by atoms with Crippen LogP contribution in [0.15, 0.2) is 48.8 Å². The first-order chi connectivity index (χ1) is 13.2. The molecule has 0 saturated carbocycles. The van der Waals surface area contributed by atoms with E-state index < -0.39 is 0 Å². The molecule has 4 rings (SSSR count). The summed E-state index contributed by atoms with van der Waals surface area (Å²) < 4.78 is 0. The Kier molecular flexibility index (Phi) is 5.20. The number of carbonyl (C=O) groups is 1. The van der Waals surface area contributed by atoms with Crippen molar-refractivity contribution in [3.63, 3.8) is 0 Å². The predicted molar refractivity (Wildman–Crippen MR) is 109 cm³/mol. The molecule has 27 heavy (non-hydrogen) atoms. The highest BCUT2D eigenvalue weighted by Gasteiger charge is 2.32. The molecule has 7 heteroatoms. The van der Waals surface area contributed by atoms with E-state index in [0.717, 1.165) is 40.4 Å². The summed E-state index contributed by atoms with van der Waals surface area (Å²) in [6.07, 6.45) is 5.39. The number of nitrogens with zero attached hydrogens (tertiary/aromatic N) is 3. The van der Waals surface area contributed by atoms with Crippen LogP contribution >= 0.6 is 22.9 Å². The van der Waals surface area contributed by atoms with Gasteiger partial charge in [-0.2, -0.15) is 0 Å². The summed E-state index contributed by atoms with van der Waals surface area (Å²) in [7, 11) is 0. The van der Waals surface area contributed by atoms with Crippen molar-refractivity contribution in [2.75, 3.05) is 13.1 Å². The van der Waals surface area contributed by atoms with Gasteiger partial charge in [0.05, 0.1) is 4.88 Å². The first-order valence-electron chi connectivity index (χ1n) is 8.85. The maximum Gasteiger partial charge on any atom is 0.274 e. The molecule has 1 fully saturated rings. The zero-order valence-electron chi connectivity index (χ0n) is 14.6. The largest absolute Gasteiger partial charge is 0.333 e. The van der Waals surface area contributed by atoms with Crippen LogP contribution in [0.5, 0.6) is 0 Å². The lowest BCUT2D eigenvalue weighted by Gasteiger charge is -2.23. The minimum absolute atomic E-state index is 0.0654. The lowest BCUT2D eigenvalue weighted by molar-refractivity contribution is 0.0737. The Hall–Kier alpha value is -2.28. The molecule has 3 heterocycles. The van der Waals surface area contributed by atoms with Crippen LogP contribution in [0.3, 0.4) is 0 Å². The van der Waals surface area contributed by atoms with Gasteiger partial charge in [0.2, 0.25) is 0 Å². The molecular weight excluding hydrogens is 380 g/mol. The topological polar surface area (TPSA) is 72.1 Å². The van der Waals surface area contributed by atoms with Gasteiger partial charge in [0.25, 0.3) is 5.91 Å². The van der Waals surface area contributed by atoms with Crippen molar-refractivity contribution in [2.24, 2.45) is 5.73 Å². The van der Waals surface area contributed by atoms with E-state index in [2.05, 4.69) is 4.98 Å². The number of likely N-dealkylation sites (tertiary alicyclic amines) is 1. The minimum atomic E-state index is -0.0654. The van der Waals surface area contributed by atoms with E-state index >= 15 is 0 Å². The van der Waals surface area contributed by atoms with E-state index in [4.69, 9.17) is 22.3 Å². The van der Waals surface area contributed by atoms with Crippen molar-refractivity contribution in [3.05, 3.63) is 59.5 Å². The molecule has 138 valence electrons. The van der Waals surface area contributed by atoms with Gasteiger partial charge in [0.15, 0.2) is 0 Å². The average Bonchev–Trinajstić information content (AvgIpc) is 3.35. The fourth-order valence-corrected chi connectivity index (χ4v) is 4.62. The highest BCUT2D eigenvalue weighted by molar-refractivity contribution is 7.18. The Labute approximate surface area is 166 Å². The Morgan fingerprint density at radius 1 is 1.30 bits per heavy atom. The SMILES string of the molecule is NC[C@@H]1CCCN1C(=O)c1nc(-c2cccnc2)sc1-c1cccc(Cl)c1. The number of amides is 1.